The van der Waals surface area contributed by atoms with Gasteiger partial charge in [0.1, 0.15) is 5.75 Å². The molecule has 6 nitrogen and oxygen atoms in total. The molecule has 0 bridgehead atoms. The first-order valence-corrected chi connectivity index (χ1v) is 6.33. The predicted octanol–water partition coefficient (Wildman–Crippen LogP) is 1.73. The van der Waals surface area contributed by atoms with Crippen molar-refractivity contribution < 1.29 is 14.3 Å². The molecule has 0 unspecified atom stereocenters. The van der Waals surface area contributed by atoms with Crippen LogP contribution in [-0.2, 0) is 4.79 Å². The Kier molecular flexibility index (Phi) is 5.37. The molecular formula is C14H21N3O3. The number of benzene rings is 1. The maximum Gasteiger partial charge on any atom is 0.321 e. The van der Waals surface area contributed by atoms with Crippen molar-refractivity contribution in [3.05, 3.63) is 24.3 Å². The van der Waals surface area contributed by atoms with Gasteiger partial charge in [0.2, 0.25) is 0 Å². The fraction of sp³-hybridized carbons (Fsp3) is 0.429. The van der Waals surface area contributed by atoms with Crippen LogP contribution < -0.4 is 20.7 Å². The van der Waals surface area contributed by atoms with E-state index >= 15 is 0 Å². The van der Waals surface area contributed by atoms with Gasteiger partial charge in [-0.15, -0.1) is 0 Å². The van der Waals surface area contributed by atoms with Crippen LogP contribution in [0.25, 0.3) is 0 Å². The Bertz CT molecular complexity index is 464. The minimum atomic E-state index is -0.531. The number of anilines is 1. The van der Waals surface area contributed by atoms with Crippen LogP contribution in [0, 0.1) is 0 Å². The average molecular weight is 279 g/mol. The molecule has 1 rings (SSSR count). The maximum atomic E-state index is 11.5. The summed E-state index contributed by atoms with van der Waals surface area (Å²) in [6.07, 6.45) is 0. The summed E-state index contributed by atoms with van der Waals surface area (Å²) in [6.45, 7) is 5.28. The molecule has 20 heavy (non-hydrogen) atoms. The van der Waals surface area contributed by atoms with Gasteiger partial charge in [-0.25, -0.2) is 4.79 Å². The molecule has 0 atom stereocenters. The first-order chi connectivity index (χ1) is 9.30. The highest BCUT2D eigenvalue weighted by Gasteiger charge is 2.15. The van der Waals surface area contributed by atoms with Crippen LogP contribution in [0.2, 0.25) is 0 Å². The van der Waals surface area contributed by atoms with Crippen molar-refractivity contribution in [2.24, 2.45) is 0 Å². The predicted molar refractivity (Wildman–Crippen MR) is 77.9 cm³/mol. The summed E-state index contributed by atoms with van der Waals surface area (Å²) in [5, 5.41) is 7.81. The third-order valence-corrected chi connectivity index (χ3v) is 2.25. The number of rotatable bonds is 4. The fourth-order valence-corrected chi connectivity index (χ4v) is 1.40. The second kappa shape index (κ2) is 6.79. The van der Waals surface area contributed by atoms with Crippen LogP contribution in [-0.4, -0.2) is 31.1 Å². The van der Waals surface area contributed by atoms with Gasteiger partial charge in [0.15, 0.2) is 6.61 Å². The van der Waals surface area contributed by atoms with Crippen LogP contribution in [0.5, 0.6) is 5.75 Å². The van der Waals surface area contributed by atoms with E-state index in [0.29, 0.717) is 5.75 Å². The number of ether oxygens (including phenoxy) is 1. The Hall–Kier alpha value is -2.24. The number of amides is 3. The minimum Gasteiger partial charge on any atom is -0.484 e. The molecule has 1 aromatic carbocycles. The lowest BCUT2D eigenvalue weighted by Crippen LogP contribution is -2.49. The number of carbonyl (C=O) groups is 2. The summed E-state index contributed by atoms with van der Waals surface area (Å²) in [6, 6.07) is 6.62. The molecule has 0 heterocycles. The largest absolute Gasteiger partial charge is 0.484 e. The molecule has 3 amide bonds. The number of imide groups is 1. The first-order valence-electron chi connectivity index (χ1n) is 6.33. The molecule has 0 aromatic heterocycles. The average Bonchev–Trinajstić information content (AvgIpc) is 2.34. The molecule has 3 N–H and O–H groups in total. The molecule has 0 saturated heterocycles. The number of urea groups is 1. The van der Waals surface area contributed by atoms with E-state index in [2.05, 4.69) is 16.0 Å². The number of hydrogen-bond acceptors (Lipinski definition) is 4. The molecule has 110 valence electrons. The third-order valence-electron chi connectivity index (χ3n) is 2.25. The Morgan fingerprint density at radius 3 is 2.25 bits per heavy atom. The highest BCUT2D eigenvalue weighted by atomic mass is 16.5. The van der Waals surface area contributed by atoms with Gasteiger partial charge >= 0.3 is 6.03 Å². The van der Waals surface area contributed by atoms with Gasteiger partial charge in [0, 0.05) is 18.3 Å². The molecule has 0 fully saturated rings. The van der Waals surface area contributed by atoms with Gasteiger partial charge in [-0.1, -0.05) is 0 Å². The van der Waals surface area contributed by atoms with E-state index in [1.54, 1.807) is 12.1 Å². The van der Waals surface area contributed by atoms with Crippen LogP contribution in [0.3, 0.4) is 0 Å². The van der Waals surface area contributed by atoms with Gasteiger partial charge < -0.3 is 15.4 Å². The lowest BCUT2D eigenvalue weighted by atomic mass is 10.1. The third kappa shape index (κ3) is 6.08. The van der Waals surface area contributed by atoms with Crippen LogP contribution >= 0.6 is 0 Å². The van der Waals surface area contributed by atoms with Crippen molar-refractivity contribution >= 4 is 17.6 Å². The van der Waals surface area contributed by atoms with Gasteiger partial charge in [0.25, 0.3) is 5.91 Å². The van der Waals surface area contributed by atoms with E-state index < -0.39 is 17.5 Å². The zero-order valence-electron chi connectivity index (χ0n) is 12.2. The molecule has 1 aromatic rings. The summed E-state index contributed by atoms with van der Waals surface area (Å²) in [4.78, 5) is 23.0. The summed E-state index contributed by atoms with van der Waals surface area (Å²) in [5.41, 5.74) is 0.556. The highest BCUT2D eigenvalue weighted by molar-refractivity contribution is 5.95. The Balaban J connectivity index is 2.37. The van der Waals surface area contributed by atoms with E-state index in [0.717, 1.165) is 5.69 Å². The lowest BCUT2D eigenvalue weighted by molar-refractivity contribution is -0.122. The van der Waals surface area contributed by atoms with Crippen molar-refractivity contribution in [3.63, 3.8) is 0 Å². The molecule has 0 aliphatic heterocycles. The van der Waals surface area contributed by atoms with Crippen molar-refractivity contribution in [2.75, 3.05) is 19.0 Å². The zero-order valence-corrected chi connectivity index (χ0v) is 12.2. The Morgan fingerprint density at radius 1 is 1.15 bits per heavy atom. The van der Waals surface area contributed by atoms with Crippen molar-refractivity contribution in [1.29, 1.82) is 0 Å². The molecule has 6 heteroatoms. The molecule has 0 radical (unpaired) electrons. The quantitative estimate of drug-likeness (QED) is 0.784. The van der Waals surface area contributed by atoms with E-state index in [4.69, 9.17) is 4.74 Å². The number of hydrogen-bond donors (Lipinski definition) is 3. The smallest absolute Gasteiger partial charge is 0.321 e. The molecule has 0 spiro atoms. The minimum absolute atomic E-state index is 0.212. The summed E-state index contributed by atoms with van der Waals surface area (Å²) >= 11 is 0. The van der Waals surface area contributed by atoms with E-state index in [1.165, 1.54) is 0 Å². The van der Waals surface area contributed by atoms with Crippen molar-refractivity contribution in [2.45, 2.75) is 26.3 Å². The van der Waals surface area contributed by atoms with Crippen LogP contribution in [0.4, 0.5) is 10.5 Å². The summed E-state index contributed by atoms with van der Waals surface area (Å²) in [5.74, 6) is 0.0693. The van der Waals surface area contributed by atoms with E-state index in [9.17, 15) is 9.59 Å². The van der Waals surface area contributed by atoms with Crippen LogP contribution in [0.1, 0.15) is 20.8 Å². The summed E-state index contributed by atoms with van der Waals surface area (Å²) < 4.78 is 5.28. The Morgan fingerprint density at radius 2 is 1.75 bits per heavy atom. The van der Waals surface area contributed by atoms with E-state index in [1.807, 2.05) is 40.0 Å². The van der Waals surface area contributed by atoms with Gasteiger partial charge in [-0.2, -0.15) is 0 Å². The van der Waals surface area contributed by atoms with Gasteiger partial charge in [-0.05, 0) is 45.0 Å². The molecular weight excluding hydrogens is 258 g/mol. The molecule has 0 saturated carbocycles. The lowest BCUT2D eigenvalue weighted by Gasteiger charge is -2.20. The number of carbonyl (C=O) groups excluding carboxylic acids is 2. The zero-order chi connectivity index (χ0) is 15.2. The monoisotopic (exact) mass is 279 g/mol. The SMILES string of the molecule is CNc1ccc(OCC(=O)NC(=O)NC(C)(C)C)cc1. The summed E-state index contributed by atoms with van der Waals surface area (Å²) in [7, 11) is 1.82. The molecule has 0 aliphatic rings. The Labute approximate surface area is 118 Å². The normalized spacial score (nSPS) is 10.6. The van der Waals surface area contributed by atoms with Crippen LogP contribution in [0.15, 0.2) is 24.3 Å². The second-order valence-electron chi connectivity index (χ2n) is 5.32. The highest BCUT2D eigenvalue weighted by Crippen LogP contribution is 2.14. The fourth-order valence-electron chi connectivity index (χ4n) is 1.40. The maximum absolute atomic E-state index is 11.5. The first kappa shape index (κ1) is 15.8. The molecule has 0 aliphatic carbocycles. The van der Waals surface area contributed by atoms with E-state index in [-0.39, 0.29) is 6.61 Å². The van der Waals surface area contributed by atoms with Gasteiger partial charge in [-0.3, -0.25) is 10.1 Å². The van der Waals surface area contributed by atoms with Crippen molar-refractivity contribution in [3.8, 4) is 5.75 Å². The standard InChI is InChI=1S/C14H21N3O3/c1-14(2,3)17-13(19)16-12(18)9-20-11-7-5-10(15-4)6-8-11/h5-8,15H,9H2,1-4H3,(H2,16,17,18,19). The topological polar surface area (TPSA) is 79.5 Å². The van der Waals surface area contributed by atoms with Gasteiger partial charge in [0.05, 0.1) is 0 Å². The second-order valence-corrected chi connectivity index (χ2v) is 5.32. The number of nitrogens with one attached hydrogen (secondary N) is 3. The van der Waals surface area contributed by atoms with Crippen molar-refractivity contribution in [1.82, 2.24) is 10.6 Å².